The molecule has 1 aromatic carbocycles. The van der Waals surface area contributed by atoms with E-state index in [1.807, 2.05) is 23.1 Å². The molecule has 0 bridgehead atoms. The normalized spacial score (nSPS) is 14.6. The topological polar surface area (TPSA) is 72.3 Å². The van der Waals surface area contributed by atoms with Crippen molar-refractivity contribution in [1.29, 1.82) is 5.26 Å². The molecule has 1 aromatic heterocycles. The van der Waals surface area contributed by atoms with E-state index in [1.165, 1.54) is 5.56 Å². The molecule has 2 aromatic rings. The van der Waals surface area contributed by atoms with E-state index >= 15 is 0 Å². The molecule has 1 saturated heterocycles. The highest BCUT2D eigenvalue weighted by atomic mass is 16.2. The molecule has 0 spiro atoms. The van der Waals surface area contributed by atoms with Crippen LogP contribution in [0.3, 0.4) is 0 Å². The van der Waals surface area contributed by atoms with Gasteiger partial charge in [-0.1, -0.05) is 26.0 Å². The molecule has 0 atom stereocenters. The van der Waals surface area contributed by atoms with Crippen molar-refractivity contribution in [3.63, 3.8) is 0 Å². The maximum Gasteiger partial charge on any atom is 0.321 e. The average Bonchev–Trinajstić information content (AvgIpc) is 2.95. The maximum atomic E-state index is 12.6. The summed E-state index contributed by atoms with van der Waals surface area (Å²) < 4.78 is 0. The minimum Gasteiger partial charge on any atom is -0.355 e. The standard InChI is InChI=1S/C21H25N5O/c1-16(2)18-5-7-19(8-6-18)24-21(27)26-11-3-10-25(12-13-26)20-9-4-17(14-22)15-23-20/h4-9,15-16H,3,10-13H2,1-2H3,(H,24,27). The zero-order chi connectivity index (χ0) is 19.2. The number of anilines is 2. The first kappa shape index (κ1) is 18.7. The lowest BCUT2D eigenvalue weighted by Gasteiger charge is -2.23. The average molecular weight is 363 g/mol. The van der Waals surface area contributed by atoms with Crippen molar-refractivity contribution in [2.45, 2.75) is 26.2 Å². The molecule has 3 rings (SSSR count). The molecule has 6 nitrogen and oxygen atoms in total. The summed E-state index contributed by atoms with van der Waals surface area (Å²) in [6.07, 6.45) is 2.47. The summed E-state index contributed by atoms with van der Waals surface area (Å²) in [6, 6.07) is 13.7. The quantitative estimate of drug-likeness (QED) is 0.900. The Balaban J connectivity index is 1.58. The zero-order valence-electron chi connectivity index (χ0n) is 15.9. The second kappa shape index (κ2) is 8.54. The third-order valence-corrected chi connectivity index (χ3v) is 4.81. The summed E-state index contributed by atoms with van der Waals surface area (Å²) in [5.74, 6) is 1.32. The molecule has 0 aliphatic carbocycles. The second-order valence-electron chi connectivity index (χ2n) is 7.05. The molecule has 1 N–H and O–H groups in total. The Bertz CT molecular complexity index is 808. The molecule has 2 heterocycles. The van der Waals surface area contributed by atoms with E-state index in [-0.39, 0.29) is 6.03 Å². The number of rotatable bonds is 3. The molecule has 0 saturated carbocycles. The molecule has 0 unspecified atom stereocenters. The Morgan fingerprint density at radius 3 is 2.52 bits per heavy atom. The summed E-state index contributed by atoms with van der Waals surface area (Å²) in [5, 5.41) is 11.9. The highest BCUT2D eigenvalue weighted by Gasteiger charge is 2.20. The summed E-state index contributed by atoms with van der Waals surface area (Å²) in [4.78, 5) is 21.0. The van der Waals surface area contributed by atoms with Crippen molar-refractivity contribution < 1.29 is 4.79 Å². The van der Waals surface area contributed by atoms with Gasteiger partial charge in [-0.05, 0) is 42.2 Å². The fourth-order valence-corrected chi connectivity index (χ4v) is 3.14. The van der Waals surface area contributed by atoms with Crippen LogP contribution in [0.2, 0.25) is 0 Å². The lowest BCUT2D eigenvalue weighted by atomic mass is 10.0. The number of nitrogens with zero attached hydrogens (tertiary/aromatic N) is 4. The molecule has 1 aliphatic heterocycles. The summed E-state index contributed by atoms with van der Waals surface area (Å²) in [6.45, 7) is 7.21. The van der Waals surface area contributed by atoms with E-state index in [0.717, 1.165) is 31.0 Å². The minimum atomic E-state index is -0.0677. The van der Waals surface area contributed by atoms with E-state index in [0.29, 0.717) is 24.6 Å². The van der Waals surface area contributed by atoms with Crippen LogP contribution in [0.25, 0.3) is 0 Å². The van der Waals surface area contributed by atoms with Crippen LogP contribution in [0.15, 0.2) is 42.6 Å². The smallest absolute Gasteiger partial charge is 0.321 e. The Hall–Kier alpha value is -3.07. The van der Waals surface area contributed by atoms with Crippen molar-refractivity contribution in [2.24, 2.45) is 0 Å². The number of aromatic nitrogens is 1. The molecule has 2 amide bonds. The third-order valence-electron chi connectivity index (χ3n) is 4.81. The van der Waals surface area contributed by atoms with E-state index in [2.05, 4.69) is 47.3 Å². The first-order valence-corrected chi connectivity index (χ1v) is 9.34. The van der Waals surface area contributed by atoms with E-state index in [4.69, 9.17) is 5.26 Å². The van der Waals surface area contributed by atoms with E-state index < -0.39 is 0 Å². The molecule has 27 heavy (non-hydrogen) atoms. The van der Waals surface area contributed by atoms with Gasteiger partial charge < -0.3 is 15.1 Å². The highest BCUT2D eigenvalue weighted by molar-refractivity contribution is 5.89. The molecule has 0 radical (unpaired) electrons. The van der Waals surface area contributed by atoms with Gasteiger partial charge in [-0.25, -0.2) is 9.78 Å². The number of pyridine rings is 1. The Morgan fingerprint density at radius 2 is 1.89 bits per heavy atom. The van der Waals surface area contributed by atoms with Crippen LogP contribution >= 0.6 is 0 Å². The zero-order valence-corrected chi connectivity index (χ0v) is 15.9. The number of carbonyl (C=O) groups excluding carboxylic acids is 1. The number of nitrogens with one attached hydrogen (secondary N) is 1. The van der Waals surface area contributed by atoms with Crippen LogP contribution in [0.4, 0.5) is 16.3 Å². The van der Waals surface area contributed by atoms with E-state index in [1.54, 1.807) is 12.3 Å². The largest absolute Gasteiger partial charge is 0.355 e. The van der Waals surface area contributed by atoms with Gasteiger partial charge in [-0.3, -0.25) is 0 Å². The van der Waals surface area contributed by atoms with Crippen molar-refractivity contribution in [2.75, 3.05) is 36.4 Å². The van der Waals surface area contributed by atoms with Crippen LogP contribution < -0.4 is 10.2 Å². The van der Waals surface area contributed by atoms with Gasteiger partial charge in [-0.15, -0.1) is 0 Å². The van der Waals surface area contributed by atoms with Crippen molar-refractivity contribution in [1.82, 2.24) is 9.88 Å². The lowest BCUT2D eigenvalue weighted by Crippen LogP contribution is -2.38. The van der Waals surface area contributed by atoms with Gasteiger partial charge >= 0.3 is 6.03 Å². The van der Waals surface area contributed by atoms with Crippen LogP contribution in [0.1, 0.15) is 37.3 Å². The summed E-state index contributed by atoms with van der Waals surface area (Å²) in [5.41, 5.74) is 2.63. The Kier molecular flexibility index (Phi) is 5.92. The van der Waals surface area contributed by atoms with Gasteiger partial charge in [-0.2, -0.15) is 5.26 Å². The number of amides is 2. The van der Waals surface area contributed by atoms with Gasteiger partial charge in [0.05, 0.1) is 5.56 Å². The van der Waals surface area contributed by atoms with Crippen LogP contribution in [-0.4, -0.2) is 42.1 Å². The van der Waals surface area contributed by atoms with Crippen LogP contribution in [0, 0.1) is 11.3 Å². The molecular weight excluding hydrogens is 338 g/mol. The molecule has 6 heteroatoms. The Labute approximate surface area is 160 Å². The summed E-state index contributed by atoms with van der Waals surface area (Å²) >= 11 is 0. The van der Waals surface area contributed by atoms with Gasteiger partial charge in [0.2, 0.25) is 0 Å². The number of hydrogen-bond donors (Lipinski definition) is 1. The fraction of sp³-hybridized carbons (Fsp3) is 0.381. The van der Waals surface area contributed by atoms with Crippen molar-refractivity contribution >= 4 is 17.5 Å². The van der Waals surface area contributed by atoms with Gasteiger partial charge in [0.15, 0.2) is 0 Å². The molecule has 140 valence electrons. The Morgan fingerprint density at radius 1 is 1.11 bits per heavy atom. The first-order valence-electron chi connectivity index (χ1n) is 9.34. The SMILES string of the molecule is CC(C)c1ccc(NC(=O)N2CCCN(c3ccc(C#N)cn3)CC2)cc1. The number of hydrogen-bond acceptors (Lipinski definition) is 4. The predicted molar refractivity (Wildman–Crippen MR) is 107 cm³/mol. The van der Waals surface area contributed by atoms with Gasteiger partial charge in [0.25, 0.3) is 0 Å². The lowest BCUT2D eigenvalue weighted by molar-refractivity contribution is 0.215. The monoisotopic (exact) mass is 363 g/mol. The minimum absolute atomic E-state index is 0.0677. The number of urea groups is 1. The number of carbonyl (C=O) groups is 1. The summed E-state index contributed by atoms with van der Waals surface area (Å²) in [7, 11) is 0. The number of benzene rings is 1. The maximum absolute atomic E-state index is 12.6. The van der Waals surface area contributed by atoms with Crippen molar-refractivity contribution in [3.05, 3.63) is 53.7 Å². The molecule has 1 fully saturated rings. The predicted octanol–water partition coefficient (Wildman–Crippen LogP) is 3.82. The molecular formula is C21H25N5O. The van der Waals surface area contributed by atoms with Crippen LogP contribution in [-0.2, 0) is 0 Å². The highest BCUT2D eigenvalue weighted by Crippen LogP contribution is 2.18. The van der Waals surface area contributed by atoms with Crippen molar-refractivity contribution in [3.8, 4) is 6.07 Å². The first-order chi connectivity index (χ1) is 13.1. The van der Waals surface area contributed by atoms with Gasteiger partial charge in [0, 0.05) is 38.1 Å². The number of nitriles is 1. The second-order valence-corrected chi connectivity index (χ2v) is 7.05. The van der Waals surface area contributed by atoms with Crippen LogP contribution in [0.5, 0.6) is 0 Å². The fourth-order valence-electron chi connectivity index (χ4n) is 3.14. The van der Waals surface area contributed by atoms with Gasteiger partial charge in [0.1, 0.15) is 11.9 Å². The molecule has 1 aliphatic rings. The third kappa shape index (κ3) is 4.76. The van der Waals surface area contributed by atoms with E-state index in [9.17, 15) is 4.79 Å².